The first kappa shape index (κ1) is 18.9. The zero-order valence-electron chi connectivity index (χ0n) is 16.9. The molecule has 0 spiro atoms. The van der Waals surface area contributed by atoms with Crippen LogP contribution in [0.1, 0.15) is 49.8 Å². The Balaban J connectivity index is 1.47. The van der Waals surface area contributed by atoms with Crippen LogP contribution in [0.4, 0.5) is 4.39 Å². The van der Waals surface area contributed by atoms with E-state index in [4.69, 9.17) is 4.99 Å². The second-order valence-corrected chi connectivity index (χ2v) is 8.82. The predicted molar refractivity (Wildman–Crippen MR) is 115 cm³/mol. The molecular weight excluding hydrogens is 347 g/mol. The van der Waals surface area contributed by atoms with Crippen molar-refractivity contribution in [1.29, 1.82) is 0 Å². The number of alkyl halides is 1. The van der Waals surface area contributed by atoms with E-state index in [0.717, 1.165) is 37.9 Å². The Bertz CT molecular complexity index is 903. The standard InChI is InChI=1S/C25H29FN2/c1-17-12-19(15-27-17)6-11-24-23-13-21(9-10-22(23)16-28-24)20-7-4-18(5-8-20)14-25(2,3)26/h4-5,7-10,13,19,27H,1,6,11-12,14-16H2,2-3H3. The second-order valence-electron chi connectivity index (χ2n) is 8.82. The number of hydrogen-bond donors (Lipinski definition) is 1. The highest BCUT2D eigenvalue weighted by molar-refractivity contribution is 6.04. The van der Waals surface area contributed by atoms with Crippen LogP contribution in [-0.4, -0.2) is 17.9 Å². The van der Waals surface area contributed by atoms with Crippen LogP contribution < -0.4 is 5.32 Å². The lowest BCUT2D eigenvalue weighted by Crippen LogP contribution is -2.15. The van der Waals surface area contributed by atoms with Crippen LogP contribution in [0.2, 0.25) is 0 Å². The van der Waals surface area contributed by atoms with Crippen molar-refractivity contribution in [3.8, 4) is 11.1 Å². The fraction of sp³-hybridized carbons (Fsp3) is 0.400. The average molecular weight is 377 g/mol. The van der Waals surface area contributed by atoms with Crippen molar-refractivity contribution in [2.24, 2.45) is 10.9 Å². The van der Waals surface area contributed by atoms with Gasteiger partial charge in [0.25, 0.3) is 0 Å². The summed E-state index contributed by atoms with van der Waals surface area (Å²) < 4.78 is 13.9. The molecule has 1 unspecified atom stereocenters. The molecule has 28 heavy (non-hydrogen) atoms. The molecule has 0 amide bonds. The van der Waals surface area contributed by atoms with Crippen molar-refractivity contribution in [3.05, 3.63) is 71.4 Å². The fourth-order valence-electron chi connectivity index (χ4n) is 4.27. The lowest BCUT2D eigenvalue weighted by Gasteiger charge is -2.14. The number of rotatable bonds is 6. The third kappa shape index (κ3) is 4.35. The largest absolute Gasteiger partial charge is 0.389 e. The van der Waals surface area contributed by atoms with E-state index < -0.39 is 5.67 Å². The van der Waals surface area contributed by atoms with Gasteiger partial charge in [0, 0.05) is 29.9 Å². The Labute approximate surface area is 167 Å². The van der Waals surface area contributed by atoms with Crippen LogP contribution in [0.5, 0.6) is 0 Å². The van der Waals surface area contributed by atoms with Gasteiger partial charge in [0.2, 0.25) is 0 Å². The molecule has 146 valence electrons. The molecule has 2 aromatic carbocycles. The first-order valence-electron chi connectivity index (χ1n) is 10.2. The Kier molecular flexibility index (Phi) is 5.09. The summed E-state index contributed by atoms with van der Waals surface area (Å²) in [4.78, 5) is 4.80. The summed E-state index contributed by atoms with van der Waals surface area (Å²) in [6.45, 7) is 9.12. The van der Waals surface area contributed by atoms with E-state index in [1.54, 1.807) is 13.8 Å². The number of benzene rings is 2. The first-order valence-corrected chi connectivity index (χ1v) is 10.2. The van der Waals surface area contributed by atoms with Crippen LogP contribution in [-0.2, 0) is 13.0 Å². The van der Waals surface area contributed by atoms with E-state index in [9.17, 15) is 4.39 Å². The zero-order valence-corrected chi connectivity index (χ0v) is 16.9. The van der Waals surface area contributed by atoms with Crippen LogP contribution in [0.3, 0.4) is 0 Å². The van der Waals surface area contributed by atoms with Crippen LogP contribution >= 0.6 is 0 Å². The Hall–Kier alpha value is -2.42. The highest BCUT2D eigenvalue weighted by Crippen LogP contribution is 2.30. The fourth-order valence-corrected chi connectivity index (χ4v) is 4.27. The first-order chi connectivity index (χ1) is 13.4. The van der Waals surface area contributed by atoms with Gasteiger partial charge in [-0.1, -0.05) is 43.0 Å². The van der Waals surface area contributed by atoms with Gasteiger partial charge in [0.05, 0.1) is 6.54 Å². The zero-order chi connectivity index (χ0) is 19.7. The lowest BCUT2D eigenvalue weighted by atomic mass is 9.93. The minimum Gasteiger partial charge on any atom is -0.389 e. The summed E-state index contributed by atoms with van der Waals surface area (Å²) in [6.07, 6.45) is 3.71. The van der Waals surface area contributed by atoms with Crippen molar-refractivity contribution < 1.29 is 4.39 Å². The van der Waals surface area contributed by atoms with Crippen molar-refractivity contribution in [1.82, 2.24) is 5.32 Å². The number of fused-ring (bicyclic) bond motifs is 1. The van der Waals surface area contributed by atoms with Gasteiger partial charge in [-0.3, -0.25) is 4.99 Å². The SMILES string of the molecule is C=C1CC(CCC2=NCc3ccc(-c4ccc(CC(C)(C)F)cc4)cc32)CN1. The van der Waals surface area contributed by atoms with E-state index in [-0.39, 0.29) is 0 Å². The molecule has 2 aliphatic rings. The molecule has 2 aromatic rings. The van der Waals surface area contributed by atoms with Crippen molar-refractivity contribution in [2.75, 3.05) is 6.54 Å². The summed E-state index contributed by atoms with van der Waals surface area (Å²) in [7, 11) is 0. The molecule has 0 aromatic heterocycles. The second kappa shape index (κ2) is 7.54. The summed E-state index contributed by atoms with van der Waals surface area (Å²) >= 11 is 0. The number of halogens is 1. The summed E-state index contributed by atoms with van der Waals surface area (Å²) in [5.74, 6) is 0.676. The van der Waals surface area contributed by atoms with Crippen molar-refractivity contribution in [2.45, 2.75) is 51.7 Å². The number of hydrogen-bond acceptors (Lipinski definition) is 2. The molecule has 0 saturated carbocycles. The highest BCUT2D eigenvalue weighted by Gasteiger charge is 2.21. The van der Waals surface area contributed by atoms with Crippen LogP contribution in [0.25, 0.3) is 11.1 Å². The molecule has 2 aliphatic heterocycles. The molecule has 0 aliphatic carbocycles. The van der Waals surface area contributed by atoms with Gasteiger partial charge in [-0.2, -0.15) is 0 Å². The lowest BCUT2D eigenvalue weighted by molar-refractivity contribution is 0.217. The maximum Gasteiger partial charge on any atom is 0.109 e. The predicted octanol–water partition coefficient (Wildman–Crippen LogP) is 5.85. The van der Waals surface area contributed by atoms with E-state index in [2.05, 4.69) is 42.2 Å². The number of aliphatic imine (C=N–C) groups is 1. The topological polar surface area (TPSA) is 24.4 Å². The van der Waals surface area contributed by atoms with Crippen molar-refractivity contribution >= 4 is 5.71 Å². The molecule has 1 fully saturated rings. The Morgan fingerprint density at radius 1 is 1.14 bits per heavy atom. The minimum atomic E-state index is -1.18. The third-order valence-electron chi connectivity index (χ3n) is 5.74. The summed E-state index contributed by atoms with van der Waals surface area (Å²) in [5, 5.41) is 3.36. The van der Waals surface area contributed by atoms with Gasteiger partial charge in [0.1, 0.15) is 5.67 Å². The number of nitrogens with one attached hydrogen (secondary N) is 1. The van der Waals surface area contributed by atoms with E-state index in [1.165, 1.54) is 33.7 Å². The van der Waals surface area contributed by atoms with E-state index in [1.807, 2.05) is 12.1 Å². The number of allylic oxidation sites excluding steroid dienone is 1. The monoisotopic (exact) mass is 376 g/mol. The molecular formula is C25H29FN2. The molecule has 0 radical (unpaired) electrons. The number of nitrogens with zero attached hydrogens (tertiary/aromatic N) is 1. The van der Waals surface area contributed by atoms with Crippen molar-refractivity contribution in [3.63, 3.8) is 0 Å². The minimum absolute atomic E-state index is 0.441. The molecule has 1 atom stereocenters. The summed E-state index contributed by atoms with van der Waals surface area (Å²) in [6, 6.07) is 14.9. The van der Waals surface area contributed by atoms with Gasteiger partial charge in [-0.25, -0.2) is 4.39 Å². The Morgan fingerprint density at radius 3 is 2.57 bits per heavy atom. The molecule has 2 heterocycles. The Morgan fingerprint density at radius 2 is 1.89 bits per heavy atom. The molecule has 1 saturated heterocycles. The molecule has 1 N–H and O–H groups in total. The molecule has 4 rings (SSSR count). The molecule has 3 heteroatoms. The van der Waals surface area contributed by atoms with Gasteiger partial charge < -0.3 is 5.32 Å². The summed E-state index contributed by atoms with van der Waals surface area (Å²) in [5.41, 5.74) is 7.26. The quantitative estimate of drug-likeness (QED) is 0.672. The maximum absolute atomic E-state index is 13.9. The van der Waals surface area contributed by atoms with Gasteiger partial charge in [0.15, 0.2) is 0 Å². The smallest absolute Gasteiger partial charge is 0.109 e. The maximum atomic E-state index is 13.9. The molecule has 2 nitrogen and oxygen atoms in total. The van der Waals surface area contributed by atoms with E-state index in [0.29, 0.717) is 12.3 Å². The van der Waals surface area contributed by atoms with Gasteiger partial charge >= 0.3 is 0 Å². The highest BCUT2D eigenvalue weighted by atomic mass is 19.1. The van der Waals surface area contributed by atoms with Crippen LogP contribution in [0, 0.1) is 5.92 Å². The average Bonchev–Trinajstić information content (AvgIpc) is 3.24. The third-order valence-corrected chi connectivity index (χ3v) is 5.74. The normalized spacial score (nSPS) is 18.8. The molecule has 0 bridgehead atoms. The van der Waals surface area contributed by atoms with Gasteiger partial charge in [-0.05, 0) is 67.3 Å². The van der Waals surface area contributed by atoms with E-state index >= 15 is 0 Å². The van der Waals surface area contributed by atoms with Crippen LogP contribution in [0.15, 0.2) is 59.7 Å². The van der Waals surface area contributed by atoms with Gasteiger partial charge in [-0.15, -0.1) is 0 Å².